The third-order valence-electron chi connectivity index (χ3n) is 2.86. The van der Waals surface area contributed by atoms with Gasteiger partial charge >= 0.3 is 0 Å². The monoisotopic (exact) mass is 252 g/mol. The van der Waals surface area contributed by atoms with Crippen LogP contribution in [0.2, 0.25) is 0 Å². The van der Waals surface area contributed by atoms with Crippen molar-refractivity contribution in [2.24, 2.45) is 0 Å². The molecule has 3 rings (SSSR count). The molecule has 2 heterocycles. The number of hydrogen-bond acceptors (Lipinski definition) is 3. The molecule has 0 aliphatic heterocycles. The maximum atomic E-state index is 12.1. The van der Waals surface area contributed by atoms with Crippen LogP contribution in [0.25, 0.3) is 10.9 Å². The fourth-order valence-electron chi connectivity index (χ4n) is 1.90. The first kappa shape index (κ1) is 11.4. The van der Waals surface area contributed by atoms with Crippen molar-refractivity contribution in [3.8, 4) is 0 Å². The Morgan fingerprint density at radius 3 is 3.00 bits per heavy atom. The number of aryl methyl sites for hydroxylation is 1. The van der Waals surface area contributed by atoms with Crippen LogP contribution < -0.4 is 5.32 Å². The van der Waals surface area contributed by atoms with E-state index in [0.717, 1.165) is 22.3 Å². The number of carbonyl (C=O) groups excluding carboxylic acids is 1. The molecule has 0 radical (unpaired) electrons. The van der Waals surface area contributed by atoms with Crippen LogP contribution in [0, 0.1) is 6.92 Å². The first-order valence-electron chi connectivity index (χ1n) is 5.89. The minimum atomic E-state index is -0.149. The van der Waals surface area contributed by atoms with Crippen molar-refractivity contribution in [2.75, 3.05) is 5.32 Å². The third-order valence-corrected chi connectivity index (χ3v) is 2.86. The maximum Gasteiger partial charge on any atom is 0.255 e. The fraction of sp³-hybridized carbons (Fsp3) is 0.0714. The van der Waals surface area contributed by atoms with E-state index in [-0.39, 0.29) is 5.91 Å². The number of aromatic amines is 1. The Balaban J connectivity index is 1.86. The van der Waals surface area contributed by atoms with Gasteiger partial charge in [0, 0.05) is 28.5 Å². The van der Waals surface area contributed by atoms with Crippen molar-refractivity contribution < 1.29 is 4.79 Å². The number of nitrogens with one attached hydrogen (secondary N) is 2. The zero-order valence-corrected chi connectivity index (χ0v) is 10.3. The van der Waals surface area contributed by atoms with Crippen LogP contribution in [-0.4, -0.2) is 21.1 Å². The summed E-state index contributed by atoms with van der Waals surface area (Å²) in [6, 6.07) is 9.06. The summed E-state index contributed by atoms with van der Waals surface area (Å²) in [5.74, 6) is -0.149. The van der Waals surface area contributed by atoms with E-state index in [0.29, 0.717) is 5.56 Å². The molecule has 1 aromatic carbocycles. The number of carbonyl (C=O) groups is 1. The van der Waals surface area contributed by atoms with Crippen LogP contribution >= 0.6 is 0 Å². The quantitative estimate of drug-likeness (QED) is 0.736. The predicted molar refractivity (Wildman–Crippen MR) is 73.0 cm³/mol. The molecule has 5 nitrogen and oxygen atoms in total. The van der Waals surface area contributed by atoms with E-state index in [2.05, 4.69) is 20.5 Å². The van der Waals surface area contributed by atoms with Gasteiger partial charge < -0.3 is 5.32 Å². The van der Waals surface area contributed by atoms with Gasteiger partial charge in [0.25, 0.3) is 5.91 Å². The Bertz CT molecular complexity index is 748. The largest absolute Gasteiger partial charge is 0.322 e. The SMILES string of the molecule is Cc1cc(C(=O)Nc2ccc3cn[nH]c3c2)ccn1. The van der Waals surface area contributed by atoms with Gasteiger partial charge in [-0.05, 0) is 37.3 Å². The molecule has 0 aliphatic rings. The van der Waals surface area contributed by atoms with Gasteiger partial charge in [0.15, 0.2) is 0 Å². The molecule has 19 heavy (non-hydrogen) atoms. The van der Waals surface area contributed by atoms with Crippen molar-refractivity contribution in [1.82, 2.24) is 15.2 Å². The number of nitrogens with zero attached hydrogens (tertiary/aromatic N) is 2. The minimum Gasteiger partial charge on any atom is -0.322 e. The zero-order chi connectivity index (χ0) is 13.2. The third kappa shape index (κ3) is 2.30. The lowest BCUT2D eigenvalue weighted by molar-refractivity contribution is 0.102. The maximum absolute atomic E-state index is 12.1. The first-order chi connectivity index (χ1) is 9.22. The van der Waals surface area contributed by atoms with Crippen LogP contribution in [0.3, 0.4) is 0 Å². The minimum absolute atomic E-state index is 0.149. The average Bonchev–Trinajstić information content (AvgIpc) is 2.86. The molecule has 0 atom stereocenters. The van der Waals surface area contributed by atoms with E-state index in [9.17, 15) is 4.79 Å². The van der Waals surface area contributed by atoms with Gasteiger partial charge in [-0.3, -0.25) is 14.9 Å². The van der Waals surface area contributed by atoms with Gasteiger partial charge in [-0.2, -0.15) is 5.10 Å². The van der Waals surface area contributed by atoms with Gasteiger partial charge in [0.1, 0.15) is 0 Å². The molecular weight excluding hydrogens is 240 g/mol. The molecule has 94 valence electrons. The highest BCUT2D eigenvalue weighted by Crippen LogP contribution is 2.17. The van der Waals surface area contributed by atoms with E-state index in [1.807, 2.05) is 25.1 Å². The van der Waals surface area contributed by atoms with Crippen LogP contribution in [0.5, 0.6) is 0 Å². The summed E-state index contributed by atoms with van der Waals surface area (Å²) in [4.78, 5) is 16.1. The number of aromatic nitrogens is 3. The van der Waals surface area contributed by atoms with Crippen LogP contribution in [-0.2, 0) is 0 Å². The molecular formula is C14H12N4O. The molecule has 0 bridgehead atoms. The second kappa shape index (κ2) is 4.53. The highest BCUT2D eigenvalue weighted by molar-refractivity contribution is 6.05. The highest BCUT2D eigenvalue weighted by Gasteiger charge is 2.07. The van der Waals surface area contributed by atoms with Crippen LogP contribution in [0.1, 0.15) is 16.1 Å². The average molecular weight is 252 g/mol. The standard InChI is InChI=1S/C14H12N4O/c1-9-6-10(4-5-15-9)14(19)17-12-3-2-11-8-16-18-13(11)7-12/h2-8H,1H3,(H,16,18)(H,17,19). The van der Waals surface area contributed by atoms with E-state index >= 15 is 0 Å². The van der Waals surface area contributed by atoms with Crippen molar-refractivity contribution in [2.45, 2.75) is 6.92 Å². The van der Waals surface area contributed by atoms with Gasteiger partial charge in [0.2, 0.25) is 0 Å². The van der Waals surface area contributed by atoms with Crippen molar-refractivity contribution in [3.63, 3.8) is 0 Å². The lowest BCUT2D eigenvalue weighted by Gasteiger charge is -2.05. The number of benzene rings is 1. The fourth-order valence-corrected chi connectivity index (χ4v) is 1.90. The summed E-state index contributed by atoms with van der Waals surface area (Å²) in [6.45, 7) is 1.85. The zero-order valence-electron chi connectivity index (χ0n) is 10.3. The summed E-state index contributed by atoms with van der Waals surface area (Å²) in [5, 5.41) is 10.7. The lowest BCUT2D eigenvalue weighted by atomic mass is 10.2. The van der Waals surface area contributed by atoms with E-state index < -0.39 is 0 Å². The summed E-state index contributed by atoms with van der Waals surface area (Å²) < 4.78 is 0. The second-order valence-electron chi connectivity index (χ2n) is 4.31. The number of hydrogen-bond donors (Lipinski definition) is 2. The number of amides is 1. The van der Waals surface area contributed by atoms with Crippen LogP contribution in [0.15, 0.2) is 42.7 Å². The van der Waals surface area contributed by atoms with Crippen molar-refractivity contribution in [3.05, 3.63) is 54.0 Å². The molecule has 0 spiro atoms. The summed E-state index contributed by atoms with van der Waals surface area (Å²) in [6.07, 6.45) is 3.37. The van der Waals surface area contributed by atoms with Gasteiger partial charge in [0.05, 0.1) is 11.7 Å². The van der Waals surface area contributed by atoms with Crippen molar-refractivity contribution >= 4 is 22.5 Å². The van der Waals surface area contributed by atoms with Crippen LogP contribution in [0.4, 0.5) is 5.69 Å². The molecule has 1 amide bonds. The van der Waals surface area contributed by atoms with E-state index in [4.69, 9.17) is 0 Å². The molecule has 0 saturated heterocycles. The number of H-pyrrole nitrogens is 1. The molecule has 5 heteroatoms. The molecule has 0 fully saturated rings. The van der Waals surface area contributed by atoms with Crippen molar-refractivity contribution in [1.29, 1.82) is 0 Å². The smallest absolute Gasteiger partial charge is 0.255 e. The van der Waals surface area contributed by atoms with Gasteiger partial charge in [-0.15, -0.1) is 0 Å². The van der Waals surface area contributed by atoms with E-state index in [1.54, 1.807) is 24.5 Å². The topological polar surface area (TPSA) is 70.7 Å². The Hall–Kier alpha value is -2.69. The Morgan fingerprint density at radius 1 is 1.26 bits per heavy atom. The number of pyridine rings is 1. The summed E-state index contributed by atoms with van der Waals surface area (Å²) in [5.41, 5.74) is 3.04. The lowest BCUT2D eigenvalue weighted by Crippen LogP contribution is -2.12. The van der Waals surface area contributed by atoms with Gasteiger partial charge in [-0.1, -0.05) is 0 Å². The molecule has 3 aromatic rings. The van der Waals surface area contributed by atoms with E-state index in [1.165, 1.54) is 0 Å². The normalized spacial score (nSPS) is 10.6. The number of anilines is 1. The van der Waals surface area contributed by atoms with Gasteiger partial charge in [-0.25, -0.2) is 0 Å². The molecule has 2 N–H and O–H groups in total. The molecule has 0 saturated carbocycles. The number of rotatable bonds is 2. The molecule has 0 aliphatic carbocycles. The molecule has 2 aromatic heterocycles. The molecule has 0 unspecified atom stereocenters. The first-order valence-corrected chi connectivity index (χ1v) is 5.89. The Labute approximate surface area is 109 Å². The summed E-state index contributed by atoms with van der Waals surface area (Å²) in [7, 11) is 0. The Morgan fingerprint density at radius 2 is 2.16 bits per heavy atom. The predicted octanol–water partition coefficient (Wildman–Crippen LogP) is 2.52. The highest BCUT2D eigenvalue weighted by atomic mass is 16.1. The number of fused-ring (bicyclic) bond motifs is 1. The Kier molecular flexibility index (Phi) is 2.72. The second-order valence-corrected chi connectivity index (χ2v) is 4.31. The summed E-state index contributed by atoms with van der Waals surface area (Å²) >= 11 is 0.